The molecule has 0 saturated carbocycles. The average Bonchev–Trinajstić information content (AvgIpc) is 3.38. The van der Waals surface area contributed by atoms with Crippen LogP contribution in [0.1, 0.15) is 37.7 Å². The van der Waals surface area contributed by atoms with E-state index in [1.807, 2.05) is 60.7 Å². The number of likely N-dealkylation sites (tertiary alicyclic amines) is 1. The van der Waals surface area contributed by atoms with E-state index in [0.29, 0.717) is 57.7 Å². The minimum Gasteiger partial charge on any atom is -0.378 e. The van der Waals surface area contributed by atoms with Gasteiger partial charge in [-0.25, -0.2) is 0 Å². The zero-order valence-corrected chi connectivity index (χ0v) is 26.1. The fourth-order valence-electron chi connectivity index (χ4n) is 6.16. The summed E-state index contributed by atoms with van der Waals surface area (Å²) in [6, 6.07) is 19.0. The second-order valence-corrected chi connectivity index (χ2v) is 11.7. The summed E-state index contributed by atoms with van der Waals surface area (Å²) >= 11 is 0. The molecular formula is C34H48N8O3. The first kappa shape index (κ1) is 33.5. The van der Waals surface area contributed by atoms with Gasteiger partial charge in [-0.15, -0.1) is 0 Å². The van der Waals surface area contributed by atoms with E-state index < -0.39 is 11.6 Å². The first-order chi connectivity index (χ1) is 21.8. The molecule has 11 nitrogen and oxygen atoms in total. The lowest BCUT2D eigenvalue weighted by atomic mass is 9.85. The van der Waals surface area contributed by atoms with Gasteiger partial charge in [0.1, 0.15) is 5.54 Å². The van der Waals surface area contributed by atoms with Crippen LogP contribution < -0.4 is 37.6 Å². The van der Waals surface area contributed by atoms with Gasteiger partial charge in [0.05, 0.1) is 31.8 Å². The normalized spacial score (nSPS) is 16.9. The third-order valence-electron chi connectivity index (χ3n) is 8.79. The number of rotatable bonds is 16. The summed E-state index contributed by atoms with van der Waals surface area (Å²) < 4.78 is 0. The number of unbranched alkanes of at least 4 members (excludes halogenated alkanes) is 1. The number of nitrogens with one attached hydrogen (secondary N) is 4. The van der Waals surface area contributed by atoms with Crippen LogP contribution in [0.15, 0.2) is 85.2 Å². The molecule has 2 aliphatic heterocycles. The van der Waals surface area contributed by atoms with Crippen LogP contribution >= 0.6 is 0 Å². The number of carbonyl (C=O) groups is 3. The molecule has 2 aromatic rings. The van der Waals surface area contributed by atoms with Crippen LogP contribution in [0.4, 0.5) is 5.69 Å². The predicted octanol–water partition coefficient (Wildman–Crippen LogP) is 1.33. The van der Waals surface area contributed by atoms with Crippen LogP contribution in [-0.2, 0) is 20.8 Å². The number of benzene rings is 2. The molecule has 2 aromatic carbocycles. The standard InChI is InChI=1S/C34H48N8O3/c1-25(30(40-31(43)22-36)21-27-11-5-3-6-12-27)37-23-32(44)39-29(15-9-10-18-35)26(2)41-19-16-34(17-20-41)33(45)38-24-42(34)28-13-7-4-8-14-28/h3-8,11-14,29-30,37H,1-2,9-10,15-24,35-36H2,(H,38,45)(H,39,44)(H,40,43). The van der Waals surface area contributed by atoms with E-state index in [9.17, 15) is 14.4 Å². The molecule has 3 amide bonds. The highest BCUT2D eigenvalue weighted by molar-refractivity contribution is 5.93. The van der Waals surface area contributed by atoms with E-state index >= 15 is 0 Å². The Kier molecular flexibility index (Phi) is 12.0. The lowest BCUT2D eigenvalue weighted by molar-refractivity contribution is -0.125. The second kappa shape index (κ2) is 16.1. The summed E-state index contributed by atoms with van der Waals surface area (Å²) in [6.45, 7) is 10.7. The van der Waals surface area contributed by atoms with Gasteiger partial charge >= 0.3 is 0 Å². The van der Waals surface area contributed by atoms with Gasteiger partial charge in [0, 0.05) is 30.2 Å². The second-order valence-electron chi connectivity index (χ2n) is 11.7. The van der Waals surface area contributed by atoms with Crippen molar-refractivity contribution in [2.75, 3.05) is 44.3 Å². The van der Waals surface area contributed by atoms with Crippen molar-refractivity contribution in [2.45, 2.75) is 56.1 Å². The summed E-state index contributed by atoms with van der Waals surface area (Å²) in [4.78, 5) is 42.8. The van der Waals surface area contributed by atoms with Crippen LogP contribution in [0.3, 0.4) is 0 Å². The largest absolute Gasteiger partial charge is 0.378 e. The molecule has 0 aromatic heterocycles. The zero-order chi connectivity index (χ0) is 32.2. The highest BCUT2D eigenvalue weighted by Crippen LogP contribution is 2.37. The predicted molar refractivity (Wildman–Crippen MR) is 178 cm³/mol. The maximum Gasteiger partial charge on any atom is 0.247 e. The molecule has 2 unspecified atom stereocenters. The Morgan fingerprint density at radius 2 is 1.56 bits per heavy atom. The molecule has 2 saturated heterocycles. The molecule has 2 aliphatic rings. The van der Waals surface area contributed by atoms with Gasteiger partial charge in [0.25, 0.3) is 0 Å². The minimum absolute atomic E-state index is 0.0153. The van der Waals surface area contributed by atoms with E-state index in [-0.39, 0.29) is 36.9 Å². The quantitative estimate of drug-likeness (QED) is 0.154. The highest BCUT2D eigenvalue weighted by Gasteiger charge is 2.50. The Bertz CT molecular complexity index is 1310. The number of nitrogens with two attached hydrogens (primary N) is 2. The molecule has 0 aliphatic carbocycles. The van der Waals surface area contributed by atoms with Crippen molar-refractivity contribution in [3.63, 3.8) is 0 Å². The van der Waals surface area contributed by atoms with E-state index in [1.54, 1.807) is 0 Å². The molecule has 11 heteroatoms. The Morgan fingerprint density at radius 3 is 2.20 bits per heavy atom. The van der Waals surface area contributed by atoms with Gasteiger partial charge in [0.2, 0.25) is 17.7 Å². The van der Waals surface area contributed by atoms with Crippen LogP contribution in [0, 0.1) is 0 Å². The number of amides is 3. The number of carbonyl (C=O) groups excluding carboxylic acids is 3. The van der Waals surface area contributed by atoms with Crippen molar-refractivity contribution in [2.24, 2.45) is 11.5 Å². The first-order valence-corrected chi connectivity index (χ1v) is 15.8. The topological polar surface area (TPSA) is 158 Å². The SMILES string of the molecule is C=C(NCC(=O)NC(CCCCN)C(=C)N1CCC2(CC1)C(=O)NCN2c1ccccc1)C(Cc1ccccc1)NC(=O)CN. The number of hydrogen-bond donors (Lipinski definition) is 6. The first-order valence-electron chi connectivity index (χ1n) is 15.8. The van der Waals surface area contributed by atoms with E-state index in [0.717, 1.165) is 29.8 Å². The van der Waals surface area contributed by atoms with Gasteiger partial charge in [-0.1, -0.05) is 61.7 Å². The number of piperidine rings is 1. The molecule has 8 N–H and O–H groups in total. The summed E-state index contributed by atoms with van der Waals surface area (Å²) in [7, 11) is 0. The van der Waals surface area contributed by atoms with Gasteiger partial charge < -0.3 is 42.5 Å². The van der Waals surface area contributed by atoms with Crippen molar-refractivity contribution < 1.29 is 14.4 Å². The molecule has 1 spiro atoms. The summed E-state index contributed by atoms with van der Waals surface area (Å²) in [5.41, 5.74) is 14.1. The van der Waals surface area contributed by atoms with Crippen molar-refractivity contribution in [1.29, 1.82) is 0 Å². The van der Waals surface area contributed by atoms with E-state index in [1.165, 1.54) is 0 Å². The lowest BCUT2D eigenvalue weighted by Crippen LogP contribution is -2.57. The third-order valence-corrected chi connectivity index (χ3v) is 8.79. The van der Waals surface area contributed by atoms with Crippen molar-refractivity contribution >= 4 is 23.4 Å². The van der Waals surface area contributed by atoms with Crippen LogP contribution in [0.2, 0.25) is 0 Å². The maximum absolute atomic E-state index is 13.2. The fourth-order valence-corrected chi connectivity index (χ4v) is 6.16. The molecule has 45 heavy (non-hydrogen) atoms. The third kappa shape index (κ3) is 8.64. The molecule has 242 valence electrons. The van der Waals surface area contributed by atoms with Gasteiger partial charge in [-0.2, -0.15) is 0 Å². The molecule has 2 fully saturated rings. The number of hydrogen-bond acceptors (Lipinski definition) is 8. The Hall–Kier alpha value is -4.35. The molecule has 2 heterocycles. The lowest BCUT2D eigenvalue weighted by Gasteiger charge is -2.45. The molecule has 0 radical (unpaired) electrons. The molecule has 0 bridgehead atoms. The van der Waals surface area contributed by atoms with Crippen LogP contribution in [0.25, 0.3) is 0 Å². The molecule has 4 rings (SSSR count). The summed E-state index contributed by atoms with van der Waals surface area (Å²) in [5, 5.41) is 12.2. The number of anilines is 1. The number of para-hydroxylation sites is 1. The summed E-state index contributed by atoms with van der Waals surface area (Å²) in [6.07, 6.45) is 4.18. The Balaban J connectivity index is 1.36. The van der Waals surface area contributed by atoms with E-state index in [4.69, 9.17) is 11.5 Å². The minimum atomic E-state index is -0.601. The van der Waals surface area contributed by atoms with Gasteiger partial charge in [-0.3, -0.25) is 14.4 Å². The Labute approximate surface area is 266 Å². The molecule has 2 atom stereocenters. The van der Waals surface area contributed by atoms with Crippen molar-refractivity contribution in [3.8, 4) is 0 Å². The summed E-state index contributed by atoms with van der Waals surface area (Å²) in [5.74, 6) is -0.452. The number of nitrogens with zero attached hydrogens (tertiary/aromatic N) is 2. The van der Waals surface area contributed by atoms with Gasteiger partial charge in [-0.05, 0) is 62.8 Å². The van der Waals surface area contributed by atoms with E-state index in [2.05, 4.69) is 44.2 Å². The van der Waals surface area contributed by atoms with Crippen LogP contribution in [-0.4, -0.2) is 79.6 Å². The van der Waals surface area contributed by atoms with Crippen molar-refractivity contribution in [1.82, 2.24) is 26.2 Å². The smallest absolute Gasteiger partial charge is 0.247 e. The van der Waals surface area contributed by atoms with Crippen LogP contribution in [0.5, 0.6) is 0 Å². The average molecular weight is 617 g/mol. The molecular weight excluding hydrogens is 568 g/mol. The zero-order valence-electron chi connectivity index (χ0n) is 26.1. The highest BCUT2D eigenvalue weighted by atomic mass is 16.2. The fraction of sp³-hybridized carbons (Fsp3) is 0.441. The maximum atomic E-state index is 13.2. The monoisotopic (exact) mass is 616 g/mol. The van der Waals surface area contributed by atoms with Gasteiger partial charge in [0.15, 0.2) is 0 Å². The van der Waals surface area contributed by atoms with Crippen molar-refractivity contribution in [3.05, 3.63) is 90.8 Å². The Morgan fingerprint density at radius 1 is 0.911 bits per heavy atom.